The molecule has 9 aromatic rings. The smallest absolute Gasteiger partial charge is 0.137 e. The van der Waals surface area contributed by atoms with Crippen molar-refractivity contribution in [3.63, 3.8) is 0 Å². The van der Waals surface area contributed by atoms with Gasteiger partial charge in [0, 0.05) is 57.7 Å². The molecule has 364 valence electrons. The van der Waals surface area contributed by atoms with Crippen LogP contribution < -0.4 is 14.5 Å². The number of aromatic nitrogens is 2. The molecule has 72 heavy (non-hydrogen) atoms. The molecule has 0 aliphatic carbocycles. The fourth-order valence-electron chi connectivity index (χ4n) is 10.7. The van der Waals surface area contributed by atoms with Crippen molar-refractivity contribution in [3.8, 4) is 28.4 Å². The minimum absolute atomic E-state index is 0.0489. The van der Waals surface area contributed by atoms with Gasteiger partial charge in [0.15, 0.2) is 0 Å². The van der Waals surface area contributed by atoms with E-state index in [0.717, 1.165) is 34.0 Å². The van der Waals surface area contributed by atoms with Gasteiger partial charge >= 0.3 is 0 Å². The molecule has 0 amide bonds. The molecule has 0 unspecified atom stereocenters. The normalized spacial score (nSPS) is 13.5. The summed E-state index contributed by atoms with van der Waals surface area (Å²) in [6, 6.07) is 62.0. The third-order valence-corrected chi connectivity index (χ3v) is 14.8. The van der Waals surface area contributed by atoms with E-state index in [0.29, 0.717) is 18.5 Å². The number of para-hydroxylation sites is 1. The highest BCUT2D eigenvalue weighted by Gasteiger charge is 2.32. The number of hydrogen-bond donors (Lipinski definition) is 0. The van der Waals surface area contributed by atoms with E-state index in [1.165, 1.54) is 72.2 Å². The van der Waals surface area contributed by atoms with Crippen molar-refractivity contribution in [2.75, 3.05) is 16.5 Å². The van der Waals surface area contributed by atoms with Gasteiger partial charge in [0.05, 0.1) is 23.4 Å². The lowest BCUT2D eigenvalue weighted by Gasteiger charge is -2.29. The standard InChI is InChI=1S/C67H70N4O/c1-44(2)55-30-22-31-56(45(3)4)63(55)61-42-69(52-36-47(46-23-15-13-16-24-46)35-50(37-52)66(8,9)10)43-70(61)51-27-21-28-53(39-51)72-54-40-58(67(11,12)48-25-17-14-18-26-48)64-57-29-19-20-32-59(57)71(60(64)41-54)62-38-49(33-34-68-62)65(5,6)7/h13-42,44-45H,43H2,1-12H3. The van der Waals surface area contributed by atoms with Gasteiger partial charge in [0.1, 0.15) is 17.3 Å². The van der Waals surface area contributed by atoms with Crippen molar-refractivity contribution in [3.05, 3.63) is 221 Å². The molecule has 1 aliphatic rings. The van der Waals surface area contributed by atoms with Crippen molar-refractivity contribution in [1.82, 2.24) is 9.55 Å². The Labute approximate surface area is 428 Å². The number of rotatable bonds is 11. The van der Waals surface area contributed by atoms with Gasteiger partial charge in [-0.15, -0.1) is 0 Å². The molecule has 0 bridgehead atoms. The second-order valence-corrected chi connectivity index (χ2v) is 23.0. The molecule has 0 spiro atoms. The minimum Gasteiger partial charge on any atom is -0.457 e. The number of nitrogens with zero attached hydrogens (tertiary/aromatic N) is 4. The van der Waals surface area contributed by atoms with Crippen LogP contribution in [0, 0.1) is 0 Å². The summed E-state index contributed by atoms with van der Waals surface area (Å²) in [7, 11) is 0. The summed E-state index contributed by atoms with van der Waals surface area (Å²) in [6.07, 6.45) is 4.34. The van der Waals surface area contributed by atoms with E-state index in [1.807, 2.05) is 6.20 Å². The summed E-state index contributed by atoms with van der Waals surface area (Å²) in [5.41, 5.74) is 16.5. The summed E-state index contributed by atoms with van der Waals surface area (Å²) < 4.78 is 9.56. The highest BCUT2D eigenvalue weighted by molar-refractivity contribution is 6.12. The van der Waals surface area contributed by atoms with Gasteiger partial charge in [-0.1, -0.05) is 192 Å². The summed E-state index contributed by atoms with van der Waals surface area (Å²) >= 11 is 0. The van der Waals surface area contributed by atoms with Gasteiger partial charge in [0.25, 0.3) is 0 Å². The van der Waals surface area contributed by atoms with Gasteiger partial charge < -0.3 is 14.5 Å². The number of pyridine rings is 1. The van der Waals surface area contributed by atoms with Crippen molar-refractivity contribution >= 4 is 38.9 Å². The first-order valence-electron chi connectivity index (χ1n) is 25.8. The first kappa shape index (κ1) is 48.3. The maximum atomic E-state index is 7.22. The maximum Gasteiger partial charge on any atom is 0.137 e. The van der Waals surface area contributed by atoms with Crippen LogP contribution in [0.15, 0.2) is 182 Å². The van der Waals surface area contributed by atoms with Crippen molar-refractivity contribution in [2.45, 2.75) is 111 Å². The Morgan fingerprint density at radius 3 is 1.85 bits per heavy atom. The minimum atomic E-state index is -0.377. The van der Waals surface area contributed by atoms with E-state index in [9.17, 15) is 0 Å². The van der Waals surface area contributed by atoms with Gasteiger partial charge in [-0.05, 0) is 116 Å². The van der Waals surface area contributed by atoms with Crippen LogP contribution in [0.3, 0.4) is 0 Å². The number of fused-ring (bicyclic) bond motifs is 3. The average Bonchev–Trinajstić information content (AvgIpc) is 3.96. The first-order valence-corrected chi connectivity index (χ1v) is 25.8. The second-order valence-electron chi connectivity index (χ2n) is 23.0. The second kappa shape index (κ2) is 18.7. The summed E-state index contributed by atoms with van der Waals surface area (Å²) in [6.45, 7) is 28.3. The summed E-state index contributed by atoms with van der Waals surface area (Å²) in [4.78, 5) is 9.99. The van der Waals surface area contributed by atoms with Crippen LogP contribution in [0.5, 0.6) is 11.5 Å². The lowest BCUT2D eigenvalue weighted by atomic mass is 9.76. The predicted octanol–water partition coefficient (Wildman–Crippen LogP) is 18.1. The molecule has 0 atom stereocenters. The van der Waals surface area contributed by atoms with Crippen LogP contribution in [0.25, 0.3) is 44.4 Å². The van der Waals surface area contributed by atoms with Crippen LogP contribution in [-0.4, -0.2) is 16.2 Å². The molecule has 0 radical (unpaired) electrons. The van der Waals surface area contributed by atoms with E-state index in [4.69, 9.17) is 9.72 Å². The van der Waals surface area contributed by atoms with Crippen molar-refractivity contribution in [1.29, 1.82) is 0 Å². The summed E-state index contributed by atoms with van der Waals surface area (Å²) in [5, 5.41) is 2.39. The molecule has 0 N–H and O–H groups in total. The number of hydrogen-bond acceptors (Lipinski definition) is 4. The van der Waals surface area contributed by atoms with Crippen molar-refractivity contribution in [2.24, 2.45) is 0 Å². The Morgan fingerprint density at radius 1 is 0.514 bits per heavy atom. The van der Waals surface area contributed by atoms with Crippen LogP contribution in [0.2, 0.25) is 0 Å². The van der Waals surface area contributed by atoms with Gasteiger partial charge in [-0.3, -0.25) is 4.57 Å². The molecular formula is C67H70N4O. The lowest BCUT2D eigenvalue weighted by molar-refractivity contribution is 0.481. The topological polar surface area (TPSA) is 33.5 Å². The third-order valence-electron chi connectivity index (χ3n) is 14.8. The predicted molar refractivity (Wildman–Crippen MR) is 305 cm³/mol. The largest absolute Gasteiger partial charge is 0.457 e. The van der Waals surface area contributed by atoms with Crippen LogP contribution in [0.1, 0.15) is 134 Å². The molecule has 3 heterocycles. The van der Waals surface area contributed by atoms with Crippen LogP contribution in [-0.2, 0) is 16.2 Å². The Bertz CT molecular complexity index is 3450. The van der Waals surface area contributed by atoms with E-state index < -0.39 is 0 Å². The van der Waals surface area contributed by atoms with E-state index in [2.05, 4.69) is 274 Å². The third kappa shape index (κ3) is 9.11. The zero-order valence-electron chi connectivity index (χ0n) is 44.4. The SMILES string of the molecule is CC(C)c1cccc(C(C)C)c1C1=CN(c2cc(-c3ccccc3)cc(C(C)(C)C)c2)CN1c1cccc(Oc2cc(C(C)(C)c3ccccc3)c3c4ccccc4n(-c4cc(C(C)(C)C)ccn4)c3c2)c1. The fraction of sp³-hybridized carbons (Fsp3) is 0.269. The summed E-state index contributed by atoms with van der Waals surface area (Å²) in [5.74, 6) is 3.08. The molecule has 5 heteroatoms. The van der Waals surface area contributed by atoms with E-state index >= 15 is 0 Å². The highest BCUT2D eigenvalue weighted by Crippen LogP contribution is 2.47. The zero-order chi connectivity index (χ0) is 50.7. The molecule has 7 aromatic carbocycles. The quantitative estimate of drug-likeness (QED) is 0.129. The molecule has 5 nitrogen and oxygen atoms in total. The van der Waals surface area contributed by atoms with E-state index in [1.54, 1.807) is 0 Å². The molecule has 0 saturated heterocycles. The lowest BCUT2D eigenvalue weighted by Crippen LogP contribution is -2.27. The van der Waals surface area contributed by atoms with Gasteiger partial charge in [0.2, 0.25) is 0 Å². The fourth-order valence-corrected chi connectivity index (χ4v) is 10.7. The molecular weight excluding hydrogens is 877 g/mol. The molecule has 1 aliphatic heterocycles. The van der Waals surface area contributed by atoms with E-state index in [-0.39, 0.29) is 16.2 Å². The number of benzene rings is 7. The Morgan fingerprint density at radius 2 is 1.17 bits per heavy atom. The Kier molecular flexibility index (Phi) is 12.5. The monoisotopic (exact) mass is 947 g/mol. The highest BCUT2D eigenvalue weighted by atomic mass is 16.5. The van der Waals surface area contributed by atoms with Crippen LogP contribution in [0.4, 0.5) is 11.4 Å². The van der Waals surface area contributed by atoms with Gasteiger partial charge in [-0.25, -0.2) is 4.98 Å². The molecule has 0 saturated carbocycles. The maximum absolute atomic E-state index is 7.22. The Balaban J connectivity index is 1.14. The average molecular weight is 947 g/mol. The Hall–Kier alpha value is -7.37. The zero-order valence-corrected chi connectivity index (χ0v) is 44.4. The first-order chi connectivity index (χ1) is 34.4. The van der Waals surface area contributed by atoms with Crippen LogP contribution >= 0.6 is 0 Å². The molecule has 2 aromatic heterocycles. The number of anilines is 2. The van der Waals surface area contributed by atoms with Crippen molar-refractivity contribution < 1.29 is 4.74 Å². The molecule has 10 rings (SSSR count). The molecule has 0 fully saturated rings. The number of ether oxygens (including phenoxy) is 1. The van der Waals surface area contributed by atoms with Gasteiger partial charge in [-0.2, -0.15) is 0 Å².